The first-order chi connectivity index (χ1) is 9.54. The van der Waals surface area contributed by atoms with Crippen molar-refractivity contribution in [2.24, 2.45) is 5.16 Å². The Kier molecular flexibility index (Phi) is 7.24. The number of benzene rings is 1. The topological polar surface area (TPSA) is 74.8 Å². The number of hydrogen-bond donors (Lipinski definition) is 3. The first kappa shape index (κ1) is 16.6. The fourth-order valence-electron chi connectivity index (χ4n) is 1.13. The Morgan fingerprint density at radius 2 is 2.10 bits per heavy atom. The number of hydrogen-bond acceptors (Lipinski definition) is 5. The van der Waals surface area contributed by atoms with E-state index in [1.54, 1.807) is 25.2 Å². The van der Waals surface area contributed by atoms with Crippen molar-refractivity contribution < 1.29 is 9.63 Å². The molecular formula is C11H12Cl2N4O2S. The van der Waals surface area contributed by atoms with Crippen molar-refractivity contribution in [3.8, 4) is 0 Å². The molecule has 0 aliphatic rings. The second-order valence-electron chi connectivity index (χ2n) is 3.40. The molecule has 108 valence electrons. The summed E-state index contributed by atoms with van der Waals surface area (Å²) in [6.07, 6.45) is 1.34. The van der Waals surface area contributed by atoms with Crippen molar-refractivity contribution in [1.29, 1.82) is 0 Å². The number of nitrogens with zero attached hydrogens (tertiary/aromatic N) is 1. The molecule has 6 nitrogen and oxygen atoms in total. The van der Waals surface area contributed by atoms with E-state index in [1.165, 1.54) is 6.21 Å². The molecule has 1 amide bonds. The molecule has 0 aliphatic heterocycles. The standard InChI is InChI=1S/C11H12Cl2N4O2S/c1-14-17-11(20)16-10(18)6-19-15-5-7-8(12)3-2-4-9(7)13/h2-5,14H,6H2,1H3,(H2,16,17,18,20)/b15-5+. The molecule has 0 fully saturated rings. The molecule has 0 bridgehead atoms. The summed E-state index contributed by atoms with van der Waals surface area (Å²) in [6, 6.07) is 5.05. The molecule has 20 heavy (non-hydrogen) atoms. The van der Waals surface area contributed by atoms with Crippen molar-refractivity contribution >= 4 is 52.7 Å². The Balaban J connectivity index is 2.42. The fourth-order valence-corrected chi connectivity index (χ4v) is 1.84. The summed E-state index contributed by atoms with van der Waals surface area (Å²) >= 11 is 16.6. The highest BCUT2D eigenvalue weighted by atomic mass is 35.5. The number of carbonyl (C=O) groups is 1. The lowest BCUT2D eigenvalue weighted by Gasteiger charge is -2.06. The van der Waals surface area contributed by atoms with Gasteiger partial charge in [0.25, 0.3) is 5.91 Å². The van der Waals surface area contributed by atoms with E-state index < -0.39 is 5.91 Å². The minimum absolute atomic E-state index is 0.138. The van der Waals surface area contributed by atoms with E-state index in [0.717, 1.165) is 0 Å². The zero-order chi connectivity index (χ0) is 15.0. The highest BCUT2D eigenvalue weighted by Crippen LogP contribution is 2.22. The van der Waals surface area contributed by atoms with Gasteiger partial charge in [0.05, 0.1) is 16.3 Å². The molecule has 1 rings (SSSR count). The summed E-state index contributed by atoms with van der Waals surface area (Å²) < 4.78 is 0. The first-order valence-electron chi connectivity index (χ1n) is 5.40. The van der Waals surface area contributed by atoms with Crippen LogP contribution < -0.4 is 16.2 Å². The third kappa shape index (κ3) is 5.70. The second-order valence-corrected chi connectivity index (χ2v) is 4.62. The molecule has 0 saturated heterocycles. The largest absolute Gasteiger partial charge is 0.386 e. The van der Waals surface area contributed by atoms with Gasteiger partial charge in [-0.2, -0.15) is 0 Å². The summed E-state index contributed by atoms with van der Waals surface area (Å²) in [4.78, 5) is 16.2. The quantitative estimate of drug-likeness (QED) is 0.432. The number of amides is 1. The van der Waals surface area contributed by atoms with E-state index in [1.807, 2.05) is 0 Å². The number of hydrazine groups is 1. The molecule has 0 spiro atoms. The van der Waals surface area contributed by atoms with E-state index in [2.05, 4.69) is 21.3 Å². The summed E-state index contributed by atoms with van der Waals surface area (Å²) in [5.74, 6) is -0.444. The molecule has 0 atom stereocenters. The van der Waals surface area contributed by atoms with Crippen molar-refractivity contribution in [2.75, 3.05) is 13.7 Å². The Morgan fingerprint density at radius 3 is 2.70 bits per heavy atom. The predicted octanol–water partition coefficient (Wildman–Crippen LogP) is 1.47. The van der Waals surface area contributed by atoms with Crippen molar-refractivity contribution in [3.63, 3.8) is 0 Å². The van der Waals surface area contributed by atoms with E-state index in [-0.39, 0.29) is 11.7 Å². The summed E-state index contributed by atoms with van der Waals surface area (Å²) in [5.41, 5.74) is 5.61. The van der Waals surface area contributed by atoms with Crippen molar-refractivity contribution in [2.45, 2.75) is 0 Å². The molecule has 0 unspecified atom stereocenters. The molecule has 0 aliphatic carbocycles. The maximum atomic E-state index is 11.4. The summed E-state index contributed by atoms with van der Waals surface area (Å²) in [6.45, 7) is -0.288. The molecule has 3 N–H and O–H groups in total. The van der Waals surface area contributed by atoms with Gasteiger partial charge in [0.1, 0.15) is 0 Å². The lowest BCUT2D eigenvalue weighted by atomic mass is 10.2. The zero-order valence-electron chi connectivity index (χ0n) is 10.4. The third-order valence-electron chi connectivity index (χ3n) is 1.94. The minimum atomic E-state index is -0.444. The predicted molar refractivity (Wildman–Crippen MR) is 82.9 cm³/mol. The maximum absolute atomic E-state index is 11.4. The highest BCUT2D eigenvalue weighted by Gasteiger charge is 2.05. The van der Waals surface area contributed by atoms with Crippen molar-refractivity contribution in [3.05, 3.63) is 33.8 Å². The van der Waals surface area contributed by atoms with E-state index in [9.17, 15) is 4.79 Å². The van der Waals surface area contributed by atoms with Crippen LogP contribution in [0.3, 0.4) is 0 Å². The van der Waals surface area contributed by atoms with Crippen LogP contribution in [0.15, 0.2) is 23.4 Å². The molecular weight excluding hydrogens is 323 g/mol. The molecule has 1 aromatic rings. The van der Waals surface area contributed by atoms with Crippen LogP contribution in [0.25, 0.3) is 0 Å². The number of nitrogens with one attached hydrogen (secondary N) is 3. The van der Waals surface area contributed by atoms with Gasteiger partial charge in [-0.1, -0.05) is 34.4 Å². The number of oxime groups is 1. The molecule has 1 aromatic carbocycles. The van der Waals surface area contributed by atoms with Gasteiger partial charge >= 0.3 is 0 Å². The number of carbonyl (C=O) groups excluding carboxylic acids is 1. The second kappa shape index (κ2) is 8.70. The smallest absolute Gasteiger partial charge is 0.266 e. The van der Waals surface area contributed by atoms with Crippen LogP contribution in [-0.4, -0.2) is 30.9 Å². The van der Waals surface area contributed by atoms with Gasteiger partial charge in [-0.05, 0) is 24.4 Å². The maximum Gasteiger partial charge on any atom is 0.266 e. The van der Waals surface area contributed by atoms with Gasteiger partial charge in [-0.3, -0.25) is 15.5 Å². The van der Waals surface area contributed by atoms with Crippen LogP contribution in [0.1, 0.15) is 5.56 Å². The first-order valence-corrected chi connectivity index (χ1v) is 6.57. The van der Waals surface area contributed by atoms with Gasteiger partial charge in [-0.25, -0.2) is 5.43 Å². The van der Waals surface area contributed by atoms with Crippen LogP contribution in [0.4, 0.5) is 0 Å². The van der Waals surface area contributed by atoms with Gasteiger partial charge < -0.3 is 4.84 Å². The molecule has 0 heterocycles. The Hall–Kier alpha value is -1.41. The van der Waals surface area contributed by atoms with Gasteiger partial charge in [0.15, 0.2) is 11.7 Å². The molecule has 9 heteroatoms. The van der Waals surface area contributed by atoms with E-state index in [0.29, 0.717) is 15.6 Å². The van der Waals surface area contributed by atoms with Gasteiger partial charge in [0.2, 0.25) is 0 Å². The SMILES string of the molecule is CNNC(=S)NC(=O)CO/N=C/c1c(Cl)cccc1Cl. The lowest BCUT2D eigenvalue weighted by molar-refractivity contribution is -0.124. The van der Waals surface area contributed by atoms with Crippen molar-refractivity contribution in [1.82, 2.24) is 16.2 Å². The Morgan fingerprint density at radius 1 is 1.45 bits per heavy atom. The van der Waals surface area contributed by atoms with Gasteiger partial charge in [0, 0.05) is 12.6 Å². The number of halogens is 2. The summed E-state index contributed by atoms with van der Waals surface area (Å²) in [5, 5.41) is 7.01. The normalized spacial score (nSPS) is 10.3. The third-order valence-corrected chi connectivity index (χ3v) is 2.81. The Labute approximate surface area is 131 Å². The monoisotopic (exact) mass is 334 g/mol. The lowest BCUT2D eigenvalue weighted by Crippen LogP contribution is -2.45. The van der Waals surface area contributed by atoms with Crippen LogP contribution in [0, 0.1) is 0 Å². The average Bonchev–Trinajstić information content (AvgIpc) is 2.37. The van der Waals surface area contributed by atoms with Crippen LogP contribution in [0.5, 0.6) is 0 Å². The zero-order valence-corrected chi connectivity index (χ0v) is 12.8. The van der Waals surface area contributed by atoms with Crippen LogP contribution in [0.2, 0.25) is 10.0 Å². The van der Waals surface area contributed by atoms with Gasteiger partial charge in [-0.15, -0.1) is 0 Å². The van der Waals surface area contributed by atoms with E-state index >= 15 is 0 Å². The average molecular weight is 335 g/mol. The molecule has 0 aromatic heterocycles. The molecule has 0 radical (unpaired) electrons. The van der Waals surface area contributed by atoms with Crippen LogP contribution >= 0.6 is 35.4 Å². The Bertz CT molecular complexity index is 505. The van der Waals surface area contributed by atoms with E-state index in [4.69, 9.17) is 40.3 Å². The molecule has 0 saturated carbocycles. The number of rotatable bonds is 5. The highest BCUT2D eigenvalue weighted by molar-refractivity contribution is 7.80. The minimum Gasteiger partial charge on any atom is -0.386 e. The summed E-state index contributed by atoms with van der Waals surface area (Å²) in [7, 11) is 1.62. The number of thiocarbonyl (C=S) groups is 1. The fraction of sp³-hybridized carbons (Fsp3) is 0.182. The van der Waals surface area contributed by atoms with Crippen LogP contribution in [-0.2, 0) is 9.63 Å².